The van der Waals surface area contributed by atoms with Gasteiger partial charge in [-0.2, -0.15) is 5.26 Å². The lowest BCUT2D eigenvalue weighted by Crippen LogP contribution is -2.15. The molecule has 1 N–H and O–H groups in total. The lowest BCUT2D eigenvalue weighted by atomic mass is 10.1. The van der Waals surface area contributed by atoms with Gasteiger partial charge in [-0.3, -0.25) is 14.9 Å². The van der Waals surface area contributed by atoms with Gasteiger partial charge in [-0.1, -0.05) is 0 Å². The third kappa shape index (κ3) is 3.16. The van der Waals surface area contributed by atoms with Gasteiger partial charge < -0.3 is 5.32 Å². The van der Waals surface area contributed by atoms with Crippen LogP contribution in [0.25, 0.3) is 0 Å². The lowest BCUT2D eigenvalue weighted by Gasteiger charge is -2.05. The molecule has 0 aliphatic carbocycles. The van der Waals surface area contributed by atoms with Crippen molar-refractivity contribution in [2.45, 2.75) is 0 Å². The summed E-state index contributed by atoms with van der Waals surface area (Å²) in [5.41, 5.74) is -0.626. The first kappa shape index (κ1) is 14.1. The van der Waals surface area contributed by atoms with Gasteiger partial charge in [0.1, 0.15) is 23.3 Å². The van der Waals surface area contributed by atoms with E-state index in [1.807, 2.05) is 6.07 Å². The number of anilines is 1. The second kappa shape index (κ2) is 5.75. The third-order valence-electron chi connectivity index (χ3n) is 2.53. The molecule has 2 aromatic rings. The fourth-order valence-electron chi connectivity index (χ4n) is 1.57. The normalized spacial score (nSPS) is 9.71. The highest BCUT2D eigenvalue weighted by Gasteiger charge is 2.21. The molecule has 2 rings (SSSR count). The molecule has 104 valence electrons. The smallest absolute Gasteiger partial charge is 0.282 e. The largest absolute Gasteiger partial charge is 0.306 e. The number of carbonyl (C=O) groups is 1. The van der Waals surface area contributed by atoms with Crippen molar-refractivity contribution in [2.24, 2.45) is 0 Å². The minimum atomic E-state index is -0.863. The van der Waals surface area contributed by atoms with Crippen LogP contribution in [0.1, 0.15) is 15.9 Å². The summed E-state index contributed by atoms with van der Waals surface area (Å²) in [6.07, 6.45) is 1.23. The molecular weight excluding hydrogens is 279 g/mol. The summed E-state index contributed by atoms with van der Waals surface area (Å²) in [6.45, 7) is 0. The number of amides is 1. The predicted molar refractivity (Wildman–Crippen MR) is 70.0 cm³/mol. The lowest BCUT2D eigenvalue weighted by molar-refractivity contribution is -0.385. The molecule has 7 nitrogen and oxygen atoms in total. The van der Waals surface area contributed by atoms with Crippen molar-refractivity contribution in [1.29, 1.82) is 5.26 Å². The van der Waals surface area contributed by atoms with Crippen molar-refractivity contribution in [1.82, 2.24) is 4.98 Å². The molecule has 0 saturated heterocycles. The molecule has 1 heterocycles. The van der Waals surface area contributed by atoms with E-state index in [1.54, 1.807) is 0 Å². The monoisotopic (exact) mass is 286 g/mol. The molecule has 1 aromatic heterocycles. The first-order valence-corrected chi connectivity index (χ1v) is 5.62. The van der Waals surface area contributed by atoms with Crippen LogP contribution in [-0.2, 0) is 0 Å². The van der Waals surface area contributed by atoms with Crippen LogP contribution in [0.4, 0.5) is 15.9 Å². The molecule has 1 aromatic carbocycles. The average molecular weight is 286 g/mol. The summed E-state index contributed by atoms with van der Waals surface area (Å²) in [7, 11) is 0. The van der Waals surface area contributed by atoms with E-state index in [9.17, 15) is 19.3 Å². The highest BCUT2D eigenvalue weighted by molar-refractivity contribution is 6.06. The molecule has 0 aliphatic heterocycles. The molecule has 0 radical (unpaired) electrons. The average Bonchev–Trinajstić information content (AvgIpc) is 2.47. The first-order valence-electron chi connectivity index (χ1n) is 5.62. The van der Waals surface area contributed by atoms with E-state index in [2.05, 4.69) is 10.3 Å². The third-order valence-corrected chi connectivity index (χ3v) is 2.53. The molecule has 0 saturated carbocycles. The van der Waals surface area contributed by atoms with Gasteiger partial charge in [0.2, 0.25) is 0 Å². The van der Waals surface area contributed by atoms with Gasteiger partial charge in [-0.05, 0) is 24.3 Å². The molecule has 0 fully saturated rings. The summed E-state index contributed by atoms with van der Waals surface area (Å²) < 4.78 is 13.2. The summed E-state index contributed by atoms with van der Waals surface area (Å²) in [4.78, 5) is 25.8. The maximum Gasteiger partial charge on any atom is 0.282 e. The van der Waals surface area contributed by atoms with Crippen LogP contribution in [-0.4, -0.2) is 15.8 Å². The van der Waals surface area contributed by atoms with Crippen LogP contribution in [0.2, 0.25) is 0 Å². The number of nitrogens with zero attached hydrogens (tertiary/aromatic N) is 3. The van der Waals surface area contributed by atoms with Crippen LogP contribution in [0.5, 0.6) is 0 Å². The van der Waals surface area contributed by atoms with E-state index in [1.165, 1.54) is 18.3 Å². The van der Waals surface area contributed by atoms with Crippen LogP contribution < -0.4 is 5.32 Å². The van der Waals surface area contributed by atoms with Gasteiger partial charge in [0.15, 0.2) is 0 Å². The van der Waals surface area contributed by atoms with Crippen molar-refractivity contribution >= 4 is 17.4 Å². The quantitative estimate of drug-likeness (QED) is 0.687. The maximum atomic E-state index is 13.2. The minimum absolute atomic E-state index is 0.0950. The summed E-state index contributed by atoms with van der Waals surface area (Å²) >= 11 is 0. The predicted octanol–water partition coefficient (Wildman–Crippen LogP) is 2.25. The Labute approximate surface area is 117 Å². The van der Waals surface area contributed by atoms with Gasteiger partial charge in [-0.25, -0.2) is 9.37 Å². The zero-order valence-electron chi connectivity index (χ0n) is 10.4. The number of benzene rings is 1. The van der Waals surface area contributed by atoms with Crippen molar-refractivity contribution in [2.75, 3.05) is 5.32 Å². The highest BCUT2D eigenvalue weighted by Crippen LogP contribution is 2.20. The topological polar surface area (TPSA) is 109 Å². The molecule has 0 atom stereocenters. The molecular formula is C13H7FN4O3. The number of pyridine rings is 1. The van der Waals surface area contributed by atoms with Crippen molar-refractivity contribution in [3.8, 4) is 6.07 Å². The number of rotatable bonds is 3. The second-order valence-corrected chi connectivity index (χ2v) is 3.92. The Kier molecular flexibility index (Phi) is 3.85. The van der Waals surface area contributed by atoms with Crippen molar-refractivity contribution in [3.05, 3.63) is 63.6 Å². The maximum absolute atomic E-state index is 13.2. The Morgan fingerprint density at radius 2 is 2.14 bits per heavy atom. The van der Waals surface area contributed by atoms with Crippen LogP contribution in [0, 0.1) is 27.3 Å². The molecule has 0 aliphatic rings. The minimum Gasteiger partial charge on any atom is -0.306 e. The number of carbonyl (C=O) groups excluding carboxylic acids is 1. The van der Waals surface area contributed by atoms with Crippen LogP contribution in [0.3, 0.4) is 0 Å². The van der Waals surface area contributed by atoms with E-state index in [0.29, 0.717) is 5.56 Å². The van der Waals surface area contributed by atoms with Crippen molar-refractivity contribution in [3.63, 3.8) is 0 Å². The fourth-order valence-corrected chi connectivity index (χ4v) is 1.57. The molecule has 0 unspecified atom stereocenters. The Morgan fingerprint density at radius 3 is 2.71 bits per heavy atom. The number of nitro benzene ring substituents is 1. The number of nitrogens with one attached hydrogen (secondary N) is 1. The second-order valence-electron chi connectivity index (χ2n) is 3.92. The Bertz CT molecular complexity index is 753. The standard InChI is InChI=1S/C13H7FN4O3/c14-9-2-3-11(18(20)21)10(5-9)13(19)17-12-4-1-8(6-15)7-16-12/h1-5,7H,(H,16,17,19). The number of hydrogen-bond donors (Lipinski definition) is 1. The number of nitriles is 1. The highest BCUT2D eigenvalue weighted by atomic mass is 19.1. The van der Waals surface area contributed by atoms with Gasteiger partial charge in [0.05, 0.1) is 10.5 Å². The van der Waals surface area contributed by atoms with Gasteiger partial charge in [-0.15, -0.1) is 0 Å². The Hall–Kier alpha value is -3.34. The molecule has 0 spiro atoms. The molecule has 21 heavy (non-hydrogen) atoms. The van der Waals surface area contributed by atoms with Crippen molar-refractivity contribution < 1.29 is 14.1 Å². The van der Waals surface area contributed by atoms with E-state index in [-0.39, 0.29) is 5.82 Å². The van der Waals surface area contributed by atoms with Gasteiger partial charge in [0, 0.05) is 12.3 Å². The molecule has 0 bridgehead atoms. The molecule has 1 amide bonds. The number of aromatic nitrogens is 1. The van der Waals surface area contributed by atoms with Gasteiger partial charge in [0.25, 0.3) is 11.6 Å². The molecule has 8 heteroatoms. The number of nitro groups is 1. The number of hydrogen-bond acceptors (Lipinski definition) is 5. The van der Waals surface area contributed by atoms with Gasteiger partial charge >= 0.3 is 0 Å². The van der Waals surface area contributed by atoms with Crippen LogP contribution >= 0.6 is 0 Å². The van der Waals surface area contributed by atoms with E-state index < -0.39 is 27.9 Å². The summed E-state index contributed by atoms with van der Waals surface area (Å²) in [6, 6.07) is 7.22. The zero-order chi connectivity index (χ0) is 15.4. The van der Waals surface area contributed by atoms with E-state index >= 15 is 0 Å². The zero-order valence-corrected chi connectivity index (χ0v) is 10.4. The van der Waals surface area contributed by atoms with E-state index in [0.717, 1.165) is 18.2 Å². The summed E-state index contributed by atoms with van der Waals surface area (Å²) in [5.74, 6) is -1.53. The number of halogens is 1. The van der Waals surface area contributed by atoms with Crippen LogP contribution in [0.15, 0.2) is 36.5 Å². The fraction of sp³-hybridized carbons (Fsp3) is 0. The van der Waals surface area contributed by atoms with E-state index in [4.69, 9.17) is 5.26 Å². The Morgan fingerprint density at radius 1 is 1.38 bits per heavy atom. The Balaban J connectivity index is 2.29. The first-order chi connectivity index (χ1) is 10.0. The SMILES string of the molecule is N#Cc1ccc(NC(=O)c2cc(F)ccc2[N+](=O)[O-])nc1. The summed E-state index contributed by atoms with van der Waals surface area (Å²) in [5, 5.41) is 21.7.